The van der Waals surface area contributed by atoms with Crippen LogP contribution in [0.3, 0.4) is 0 Å². The first-order valence-corrected chi connectivity index (χ1v) is 5.81. The van der Waals surface area contributed by atoms with Gasteiger partial charge in [-0.1, -0.05) is 12.1 Å². The minimum Gasteiger partial charge on any atom is -0.339 e. The SMILES string of the molecule is Cc1cnccc1-c1noc(CC(C)CC#N)n1. The van der Waals surface area contributed by atoms with Gasteiger partial charge in [-0.15, -0.1) is 0 Å². The first-order chi connectivity index (χ1) is 8.70. The summed E-state index contributed by atoms with van der Waals surface area (Å²) >= 11 is 0. The number of pyridine rings is 1. The number of nitriles is 1. The molecule has 2 heterocycles. The number of hydrogen-bond donors (Lipinski definition) is 0. The Morgan fingerprint density at radius 3 is 3.06 bits per heavy atom. The van der Waals surface area contributed by atoms with E-state index >= 15 is 0 Å². The molecule has 18 heavy (non-hydrogen) atoms. The summed E-state index contributed by atoms with van der Waals surface area (Å²) in [6.07, 6.45) is 4.59. The van der Waals surface area contributed by atoms with Crippen LogP contribution in [-0.2, 0) is 6.42 Å². The smallest absolute Gasteiger partial charge is 0.227 e. The van der Waals surface area contributed by atoms with E-state index in [1.165, 1.54) is 0 Å². The molecule has 5 nitrogen and oxygen atoms in total. The Hall–Kier alpha value is -2.22. The zero-order valence-electron chi connectivity index (χ0n) is 10.4. The third-order valence-corrected chi connectivity index (χ3v) is 2.69. The Balaban J connectivity index is 2.16. The standard InChI is InChI=1S/C13H14N4O/c1-9(3-5-14)7-12-16-13(17-18-12)11-4-6-15-8-10(11)2/h4,6,8-9H,3,7H2,1-2H3. The largest absolute Gasteiger partial charge is 0.339 e. The third kappa shape index (κ3) is 2.72. The molecular weight excluding hydrogens is 228 g/mol. The Morgan fingerprint density at radius 1 is 1.50 bits per heavy atom. The second-order valence-electron chi connectivity index (χ2n) is 4.37. The van der Waals surface area contributed by atoms with E-state index in [-0.39, 0.29) is 5.92 Å². The van der Waals surface area contributed by atoms with Crippen molar-refractivity contribution < 1.29 is 4.52 Å². The van der Waals surface area contributed by atoms with Gasteiger partial charge in [0.1, 0.15) is 0 Å². The van der Waals surface area contributed by atoms with Crippen LogP contribution in [0, 0.1) is 24.2 Å². The molecule has 0 aliphatic heterocycles. The molecule has 0 saturated heterocycles. The van der Waals surface area contributed by atoms with E-state index in [0.29, 0.717) is 24.6 Å². The summed E-state index contributed by atoms with van der Waals surface area (Å²) in [5, 5.41) is 12.6. The van der Waals surface area contributed by atoms with Crippen molar-refractivity contribution in [2.24, 2.45) is 5.92 Å². The van der Waals surface area contributed by atoms with Crippen molar-refractivity contribution in [3.05, 3.63) is 29.9 Å². The van der Waals surface area contributed by atoms with Crippen LogP contribution in [0.2, 0.25) is 0 Å². The molecule has 2 aromatic rings. The molecule has 0 N–H and O–H groups in total. The van der Waals surface area contributed by atoms with Gasteiger partial charge in [-0.3, -0.25) is 4.98 Å². The van der Waals surface area contributed by atoms with Crippen LogP contribution in [0.1, 0.15) is 24.8 Å². The third-order valence-electron chi connectivity index (χ3n) is 2.69. The summed E-state index contributed by atoms with van der Waals surface area (Å²) in [7, 11) is 0. The lowest BCUT2D eigenvalue weighted by atomic mass is 10.1. The molecule has 2 aromatic heterocycles. The van der Waals surface area contributed by atoms with Crippen molar-refractivity contribution in [2.45, 2.75) is 26.7 Å². The second kappa shape index (κ2) is 5.41. The van der Waals surface area contributed by atoms with Gasteiger partial charge in [0.2, 0.25) is 11.7 Å². The van der Waals surface area contributed by atoms with E-state index in [2.05, 4.69) is 21.2 Å². The lowest BCUT2D eigenvalue weighted by Crippen LogP contribution is -1.98. The molecule has 2 rings (SSSR count). The van der Waals surface area contributed by atoms with E-state index < -0.39 is 0 Å². The molecule has 0 aliphatic rings. The van der Waals surface area contributed by atoms with Gasteiger partial charge in [0.25, 0.3) is 0 Å². The van der Waals surface area contributed by atoms with Crippen molar-refractivity contribution in [3.8, 4) is 17.5 Å². The van der Waals surface area contributed by atoms with E-state index in [1.54, 1.807) is 12.4 Å². The highest BCUT2D eigenvalue weighted by Gasteiger charge is 2.13. The summed E-state index contributed by atoms with van der Waals surface area (Å²) in [6, 6.07) is 4.00. The van der Waals surface area contributed by atoms with Crippen LogP contribution in [0.5, 0.6) is 0 Å². The normalized spacial score (nSPS) is 12.1. The molecule has 1 atom stereocenters. The summed E-state index contributed by atoms with van der Waals surface area (Å²) in [4.78, 5) is 8.38. The molecule has 92 valence electrons. The average molecular weight is 242 g/mol. The van der Waals surface area contributed by atoms with Gasteiger partial charge in [-0.05, 0) is 24.5 Å². The molecule has 0 aromatic carbocycles. The van der Waals surface area contributed by atoms with Crippen LogP contribution in [0.25, 0.3) is 11.4 Å². The fourth-order valence-electron chi connectivity index (χ4n) is 1.70. The van der Waals surface area contributed by atoms with Crippen LogP contribution < -0.4 is 0 Å². The number of aryl methyl sites for hydroxylation is 1. The fraction of sp³-hybridized carbons (Fsp3) is 0.385. The van der Waals surface area contributed by atoms with E-state index in [9.17, 15) is 0 Å². The molecule has 0 fully saturated rings. The van der Waals surface area contributed by atoms with Crippen molar-refractivity contribution in [1.29, 1.82) is 5.26 Å². The van der Waals surface area contributed by atoms with Gasteiger partial charge in [0.05, 0.1) is 6.07 Å². The number of nitrogens with zero attached hydrogens (tertiary/aromatic N) is 4. The maximum atomic E-state index is 8.61. The minimum absolute atomic E-state index is 0.224. The van der Waals surface area contributed by atoms with Crippen molar-refractivity contribution in [1.82, 2.24) is 15.1 Å². The minimum atomic E-state index is 0.224. The van der Waals surface area contributed by atoms with Gasteiger partial charge in [-0.25, -0.2) is 0 Å². The molecule has 0 spiro atoms. The van der Waals surface area contributed by atoms with Crippen molar-refractivity contribution >= 4 is 0 Å². The molecule has 1 unspecified atom stereocenters. The Labute approximate surface area is 105 Å². The van der Waals surface area contributed by atoms with Crippen molar-refractivity contribution in [2.75, 3.05) is 0 Å². The van der Waals surface area contributed by atoms with Crippen LogP contribution in [-0.4, -0.2) is 15.1 Å². The van der Waals surface area contributed by atoms with Gasteiger partial charge in [0, 0.05) is 30.8 Å². The van der Waals surface area contributed by atoms with Crippen LogP contribution in [0.15, 0.2) is 23.0 Å². The molecule has 5 heteroatoms. The first kappa shape index (κ1) is 12.2. The van der Waals surface area contributed by atoms with Crippen molar-refractivity contribution in [3.63, 3.8) is 0 Å². The van der Waals surface area contributed by atoms with Crippen LogP contribution >= 0.6 is 0 Å². The zero-order chi connectivity index (χ0) is 13.0. The fourth-order valence-corrected chi connectivity index (χ4v) is 1.70. The summed E-state index contributed by atoms with van der Waals surface area (Å²) in [5.74, 6) is 1.37. The Kier molecular flexibility index (Phi) is 3.68. The van der Waals surface area contributed by atoms with E-state index in [0.717, 1.165) is 11.1 Å². The maximum absolute atomic E-state index is 8.61. The highest BCUT2D eigenvalue weighted by molar-refractivity contribution is 5.57. The van der Waals surface area contributed by atoms with Gasteiger partial charge >= 0.3 is 0 Å². The number of aromatic nitrogens is 3. The van der Waals surface area contributed by atoms with Gasteiger partial charge in [0.15, 0.2) is 0 Å². The van der Waals surface area contributed by atoms with Gasteiger partial charge < -0.3 is 4.52 Å². The highest BCUT2D eigenvalue weighted by atomic mass is 16.5. The predicted molar refractivity (Wildman–Crippen MR) is 65.4 cm³/mol. The first-order valence-electron chi connectivity index (χ1n) is 5.81. The number of rotatable bonds is 4. The lowest BCUT2D eigenvalue weighted by Gasteiger charge is -2.00. The summed E-state index contributed by atoms with van der Waals surface area (Å²) in [5.41, 5.74) is 1.93. The second-order valence-corrected chi connectivity index (χ2v) is 4.37. The molecule has 0 saturated carbocycles. The Morgan fingerprint density at radius 2 is 2.33 bits per heavy atom. The molecular formula is C13H14N4O. The quantitative estimate of drug-likeness (QED) is 0.823. The van der Waals surface area contributed by atoms with Gasteiger partial charge in [-0.2, -0.15) is 10.2 Å². The molecule has 0 amide bonds. The van der Waals surface area contributed by atoms with E-state index in [4.69, 9.17) is 9.78 Å². The van der Waals surface area contributed by atoms with Crippen LogP contribution in [0.4, 0.5) is 0 Å². The number of hydrogen-bond acceptors (Lipinski definition) is 5. The predicted octanol–water partition coefficient (Wildman–Crippen LogP) is 2.53. The molecule has 0 aliphatic carbocycles. The summed E-state index contributed by atoms with van der Waals surface area (Å²) in [6.45, 7) is 3.95. The van der Waals surface area contributed by atoms with E-state index in [1.807, 2.05) is 19.9 Å². The molecule has 0 bridgehead atoms. The lowest BCUT2D eigenvalue weighted by molar-refractivity contribution is 0.359. The highest BCUT2D eigenvalue weighted by Crippen LogP contribution is 2.20. The Bertz CT molecular complexity index is 570. The topological polar surface area (TPSA) is 75.6 Å². The monoisotopic (exact) mass is 242 g/mol. The molecule has 0 radical (unpaired) electrons. The zero-order valence-corrected chi connectivity index (χ0v) is 10.4. The maximum Gasteiger partial charge on any atom is 0.227 e. The average Bonchev–Trinajstić information content (AvgIpc) is 2.78. The summed E-state index contributed by atoms with van der Waals surface area (Å²) < 4.78 is 5.20.